The lowest BCUT2D eigenvalue weighted by atomic mass is 9.89. The van der Waals surface area contributed by atoms with Gasteiger partial charge in [-0.05, 0) is 73.8 Å². The molecule has 1 atom stereocenters. The molecule has 3 rings (SSSR count). The molecule has 1 aliphatic rings. The van der Waals surface area contributed by atoms with Crippen LogP contribution in [0.25, 0.3) is 0 Å². The molecular weight excluding hydrogens is 376 g/mol. The van der Waals surface area contributed by atoms with Crippen LogP contribution < -0.4 is 19.5 Å². The van der Waals surface area contributed by atoms with Crippen molar-refractivity contribution in [3.8, 4) is 17.2 Å². The minimum Gasteiger partial charge on any atom is -0.493 e. The lowest BCUT2D eigenvalue weighted by Gasteiger charge is -2.29. The molecule has 164 valence electrons. The fourth-order valence-electron chi connectivity index (χ4n) is 3.72. The maximum Gasteiger partial charge on any atom is 0.161 e. The molecule has 0 amide bonds. The van der Waals surface area contributed by atoms with E-state index in [1.165, 1.54) is 16.7 Å². The molecule has 0 spiro atoms. The summed E-state index contributed by atoms with van der Waals surface area (Å²) in [6, 6.07) is 12.9. The van der Waals surface area contributed by atoms with E-state index in [1.807, 2.05) is 0 Å². The lowest BCUT2D eigenvalue weighted by Crippen LogP contribution is -2.30. The molecule has 0 bridgehead atoms. The lowest BCUT2D eigenvalue weighted by molar-refractivity contribution is 0.267. The molecular formula is C25H36N2O3. The molecule has 5 nitrogen and oxygen atoms in total. The van der Waals surface area contributed by atoms with Crippen molar-refractivity contribution in [3.05, 3.63) is 53.1 Å². The maximum atomic E-state index is 6.10. The molecule has 0 fully saturated rings. The minimum absolute atomic E-state index is 0.142. The number of nitrogens with zero attached hydrogens (tertiary/aromatic N) is 1. The van der Waals surface area contributed by atoms with E-state index in [9.17, 15) is 0 Å². The number of rotatable bonds is 10. The fourth-order valence-corrected chi connectivity index (χ4v) is 3.72. The normalized spacial score (nSPS) is 15.9. The molecule has 0 aliphatic carbocycles. The number of fused-ring (bicyclic) bond motifs is 1. The summed E-state index contributed by atoms with van der Waals surface area (Å²) < 4.78 is 17.6. The van der Waals surface area contributed by atoms with Gasteiger partial charge in [0.1, 0.15) is 5.75 Å². The van der Waals surface area contributed by atoms with E-state index >= 15 is 0 Å². The average Bonchev–Trinajstić information content (AvgIpc) is 2.74. The summed E-state index contributed by atoms with van der Waals surface area (Å²) in [5, 5.41) is 3.66. The van der Waals surface area contributed by atoms with Gasteiger partial charge >= 0.3 is 0 Å². The van der Waals surface area contributed by atoms with Gasteiger partial charge in [-0.2, -0.15) is 0 Å². The Balaban J connectivity index is 1.79. The molecule has 0 saturated heterocycles. The Bertz CT molecular complexity index is 803. The van der Waals surface area contributed by atoms with E-state index in [2.05, 4.69) is 74.6 Å². The fraction of sp³-hybridized carbons (Fsp3) is 0.520. The average molecular weight is 413 g/mol. The quantitative estimate of drug-likeness (QED) is 0.590. The van der Waals surface area contributed by atoms with Crippen molar-refractivity contribution in [2.75, 3.05) is 47.5 Å². The maximum absolute atomic E-state index is 6.10. The van der Waals surface area contributed by atoms with Crippen LogP contribution in [0.2, 0.25) is 0 Å². The molecule has 5 heteroatoms. The van der Waals surface area contributed by atoms with Crippen LogP contribution >= 0.6 is 0 Å². The first kappa shape index (κ1) is 22.4. The van der Waals surface area contributed by atoms with Crippen molar-refractivity contribution in [1.29, 1.82) is 0 Å². The van der Waals surface area contributed by atoms with Crippen LogP contribution in [0.5, 0.6) is 17.2 Å². The third kappa shape index (κ3) is 5.89. The van der Waals surface area contributed by atoms with Gasteiger partial charge < -0.3 is 24.4 Å². The van der Waals surface area contributed by atoms with Crippen LogP contribution in [0.15, 0.2) is 36.4 Å². The summed E-state index contributed by atoms with van der Waals surface area (Å²) in [6.07, 6.45) is 1.96. The van der Waals surface area contributed by atoms with E-state index in [1.54, 1.807) is 7.11 Å². The Morgan fingerprint density at radius 2 is 1.83 bits per heavy atom. The largest absolute Gasteiger partial charge is 0.493 e. The highest BCUT2D eigenvalue weighted by Gasteiger charge is 2.24. The number of hydrogen-bond donors (Lipinski definition) is 1. The van der Waals surface area contributed by atoms with Crippen LogP contribution in [-0.2, 0) is 6.42 Å². The standard InChI is InChI=1S/C25H36N2O3/c1-18(2)17-30-21-9-7-19(8-10-21)25-22-16-24(29-14-6-13-27(3)4)23(28-5)15-20(22)11-12-26-25/h7-10,15-16,18,25-26H,6,11-14,17H2,1-5H3. The molecule has 2 aromatic rings. The van der Waals surface area contributed by atoms with Crippen molar-refractivity contribution >= 4 is 0 Å². The Hall–Kier alpha value is -2.24. The molecule has 1 unspecified atom stereocenters. The Morgan fingerprint density at radius 3 is 2.50 bits per heavy atom. The second-order valence-corrected chi connectivity index (χ2v) is 8.62. The van der Waals surface area contributed by atoms with Crippen molar-refractivity contribution in [2.24, 2.45) is 5.92 Å². The molecule has 30 heavy (non-hydrogen) atoms. The van der Waals surface area contributed by atoms with E-state index in [0.29, 0.717) is 12.5 Å². The van der Waals surface area contributed by atoms with Crippen molar-refractivity contribution in [2.45, 2.75) is 32.7 Å². The zero-order valence-electron chi connectivity index (χ0n) is 19.0. The van der Waals surface area contributed by atoms with Crippen molar-refractivity contribution in [3.63, 3.8) is 0 Å². The van der Waals surface area contributed by atoms with E-state index in [-0.39, 0.29) is 6.04 Å². The summed E-state index contributed by atoms with van der Waals surface area (Å²) >= 11 is 0. The summed E-state index contributed by atoms with van der Waals surface area (Å²) in [5.74, 6) is 3.07. The summed E-state index contributed by atoms with van der Waals surface area (Å²) in [5.41, 5.74) is 3.81. The minimum atomic E-state index is 0.142. The van der Waals surface area contributed by atoms with Gasteiger partial charge in [-0.25, -0.2) is 0 Å². The zero-order chi connectivity index (χ0) is 21.5. The molecule has 1 N–H and O–H groups in total. The van der Waals surface area contributed by atoms with Crippen LogP contribution in [-0.4, -0.2) is 52.4 Å². The highest BCUT2D eigenvalue weighted by molar-refractivity contribution is 5.52. The van der Waals surface area contributed by atoms with E-state index in [0.717, 1.165) is 49.8 Å². The topological polar surface area (TPSA) is 43.0 Å². The Morgan fingerprint density at radius 1 is 1.07 bits per heavy atom. The van der Waals surface area contributed by atoms with Gasteiger partial charge in [0.05, 0.1) is 26.4 Å². The van der Waals surface area contributed by atoms with Crippen LogP contribution in [0.4, 0.5) is 0 Å². The summed E-state index contributed by atoms with van der Waals surface area (Å²) in [7, 11) is 5.87. The third-order valence-corrected chi connectivity index (χ3v) is 5.28. The summed E-state index contributed by atoms with van der Waals surface area (Å²) in [6.45, 7) is 7.67. The number of nitrogens with one attached hydrogen (secondary N) is 1. The number of ether oxygens (including phenoxy) is 3. The van der Waals surface area contributed by atoms with Crippen molar-refractivity contribution in [1.82, 2.24) is 10.2 Å². The van der Waals surface area contributed by atoms with Crippen LogP contribution in [0.3, 0.4) is 0 Å². The highest BCUT2D eigenvalue weighted by atomic mass is 16.5. The first-order valence-corrected chi connectivity index (χ1v) is 10.9. The smallest absolute Gasteiger partial charge is 0.161 e. The van der Waals surface area contributed by atoms with E-state index < -0.39 is 0 Å². The SMILES string of the molecule is COc1cc2c(cc1OCCCN(C)C)C(c1ccc(OCC(C)C)cc1)NCC2. The monoisotopic (exact) mass is 412 g/mol. The summed E-state index contributed by atoms with van der Waals surface area (Å²) in [4.78, 5) is 2.17. The molecule has 0 aromatic heterocycles. The van der Waals surface area contributed by atoms with E-state index in [4.69, 9.17) is 14.2 Å². The van der Waals surface area contributed by atoms with Crippen LogP contribution in [0.1, 0.15) is 43.0 Å². The molecule has 0 saturated carbocycles. The second-order valence-electron chi connectivity index (χ2n) is 8.62. The van der Waals surface area contributed by atoms with Gasteiger partial charge in [0.25, 0.3) is 0 Å². The first-order valence-electron chi connectivity index (χ1n) is 10.9. The van der Waals surface area contributed by atoms with Gasteiger partial charge in [-0.3, -0.25) is 0 Å². The molecule has 0 radical (unpaired) electrons. The molecule has 1 aliphatic heterocycles. The highest BCUT2D eigenvalue weighted by Crippen LogP contribution is 2.38. The second kappa shape index (κ2) is 10.7. The zero-order valence-corrected chi connectivity index (χ0v) is 19.0. The third-order valence-electron chi connectivity index (χ3n) is 5.28. The molecule has 2 aromatic carbocycles. The predicted molar refractivity (Wildman–Crippen MR) is 122 cm³/mol. The number of hydrogen-bond acceptors (Lipinski definition) is 5. The van der Waals surface area contributed by atoms with Gasteiger partial charge in [-0.1, -0.05) is 26.0 Å². The van der Waals surface area contributed by atoms with Crippen molar-refractivity contribution < 1.29 is 14.2 Å². The Kier molecular flexibility index (Phi) is 8.00. The Labute approximate surface area is 181 Å². The van der Waals surface area contributed by atoms with Crippen LogP contribution in [0, 0.1) is 5.92 Å². The van der Waals surface area contributed by atoms with Gasteiger partial charge in [0, 0.05) is 13.1 Å². The number of benzene rings is 2. The van der Waals surface area contributed by atoms with Gasteiger partial charge in [0.2, 0.25) is 0 Å². The van der Waals surface area contributed by atoms with Gasteiger partial charge in [0.15, 0.2) is 11.5 Å². The predicted octanol–water partition coefficient (Wildman–Crippen LogP) is 4.30. The first-order chi connectivity index (χ1) is 14.5. The van der Waals surface area contributed by atoms with Gasteiger partial charge in [-0.15, -0.1) is 0 Å². The number of methoxy groups -OCH3 is 1. The molecule has 1 heterocycles.